The maximum Gasteiger partial charge on any atom is 0.504 e. The molecule has 0 N–H and O–H groups in total. The van der Waals surface area contributed by atoms with Gasteiger partial charge in [0, 0.05) is 35.9 Å². The first-order valence-electron chi connectivity index (χ1n) is 8.57. The van der Waals surface area contributed by atoms with E-state index in [1.807, 2.05) is 9.83 Å². The lowest BCUT2D eigenvalue weighted by molar-refractivity contribution is 0.0517. The van der Waals surface area contributed by atoms with Crippen molar-refractivity contribution in [2.75, 3.05) is 19.8 Å². The van der Waals surface area contributed by atoms with Gasteiger partial charge in [-0.25, -0.2) is 0 Å². The van der Waals surface area contributed by atoms with Crippen LogP contribution in [-0.4, -0.2) is 39.1 Å². The second-order valence-corrected chi connectivity index (χ2v) is 13.8. The van der Waals surface area contributed by atoms with Gasteiger partial charge in [-0.2, -0.15) is 0 Å². The van der Waals surface area contributed by atoms with E-state index in [1.165, 1.54) is 12.8 Å². The van der Waals surface area contributed by atoms with Gasteiger partial charge in [-0.15, -0.1) is 0 Å². The van der Waals surface area contributed by atoms with Gasteiger partial charge in [0.05, 0.1) is 0 Å². The van der Waals surface area contributed by atoms with E-state index in [1.54, 1.807) is 0 Å². The SMILES string of the molecule is CCO[Si](OCC)(OCC)C(C)C1CC2CC1C1SSSC21. The summed E-state index contributed by atoms with van der Waals surface area (Å²) in [7, 11) is 3.69. The van der Waals surface area contributed by atoms with Crippen molar-refractivity contribution >= 4 is 40.2 Å². The molecule has 3 nitrogen and oxygen atoms in total. The van der Waals surface area contributed by atoms with Gasteiger partial charge in [0.1, 0.15) is 0 Å². The molecule has 3 rings (SSSR count). The third-order valence-electron chi connectivity index (χ3n) is 5.45. The van der Waals surface area contributed by atoms with Crippen molar-refractivity contribution in [1.29, 1.82) is 0 Å². The lowest BCUT2D eigenvalue weighted by atomic mass is 9.86. The zero-order valence-electron chi connectivity index (χ0n) is 13.9. The number of rotatable bonds is 8. The van der Waals surface area contributed by atoms with Crippen LogP contribution >= 0.6 is 31.4 Å². The van der Waals surface area contributed by atoms with E-state index in [9.17, 15) is 0 Å². The van der Waals surface area contributed by atoms with Crippen molar-refractivity contribution in [3.05, 3.63) is 0 Å². The standard InChI is InChI=1S/C15H28O3S3Si/c1-5-16-22(17-6-2,18-7-3)10(4)12-8-11-9-13(12)15-14(11)19-21-20-15/h10-15H,5-9H2,1-4H3. The highest BCUT2D eigenvalue weighted by atomic mass is 33.5. The summed E-state index contributed by atoms with van der Waals surface area (Å²) in [5.41, 5.74) is 0.416. The molecule has 6 atom stereocenters. The van der Waals surface area contributed by atoms with Gasteiger partial charge in [-0.3, -0.25) is 0 Å². The van der Waals surface area contributed by atoms with Crippen molar-refractivity contribution < 1.29 is 13.3 Å². The third-order valence-corrected chi connectivity index (χ3v) is 14.4. The molecule has 7 heteroatoms. The van der Waals surface area contributed by atoms with Crippen molar-refractivity contribution in [3.63, 3.8) is 0 Å². The predicted molar refractivity (Wildman–Crippen MR) is 100 cm³/mol. The maximum atomic E-state index is 6.18. The van der Waals surface area contributed by atoms with E-state index in [0.29, 0.717) is 25.4 Å². The lowest BCUT2D eigenvalue weighted by Gasteiger charge is -2.40. The van der Waals surface area contributed by atoms with Crippen molar-refractivity contribution in [1.82, 2.24) is 0 Å². The average molecular weight is 381 g/mol. The molecule has 1 saturated heterocycles. The first-order valence-corrected chi connectivity index (χ1v) is 14.0. The van der Waals surface area contributed by atoms with Crippen LogP contribution in [-0.2, 0) is 13.3 Å². The van der Waals surface area contributed by atoms with Crippen LogP contribution in [0.25, 0.3) is 0 Å². The van der Waals surface area contributed by atoms with E-state index in [2.05, 4.69) is 49.3 Å². The Labute approximate surface area is 147 Å². The van der Waals surface area contributed by atoms with E-state index < -0.39 is 8.80 Å². The Bertz CT molecular complexity index is 370. The van der Waals surface area contributed by atoms with Crippen LogP contribution in [0.1, 0.15) is 40.5 Å². The van der Waals surface area contributed by atoms with Gasteiger partial charge in [-0.1, -0.05) is 28.5 Å². The van der Waals surface area contributed by atoms with E-state index >= 15 is 0 Å². The fourth-order valence-corrected chi connectivity index (χ4v) is 14.6. The summed E-state index contributed by atoms with van der Waals surface area (Å²) in [5.74, 6) is 2.46. The monoisotopic (exact) mass is 380 g/mol. The summed E-state index contributed by atoms with van der Waals surface area (Å²) in [5, 5.41) is 1.74. The molecule has 0 spiro atoms. The molecule has 0 aromatic heterocycles. The first-order chi connectivity index (χ1) is 10.7. The zero-order chi connectivity index (χ0) is 15.7. The molecule has 1 heterocycles. The molecule has 0 radical (unpaired) electrons. The van der Waals surface area contributed by atoms with E-state index in [4.69, 9.17) is 13.3 Å². The van der Waals surface area contributed by atoms with Gasteiger partial charge >= 0.3 is 8.80 Å². The Hall–Kier alpha value is 1.15. The molecule has 0 aromatic carbocycles. The number of hydrogen-bond acceptors (Lipinski definition) is 6. The Morgan fingerprint density at radius 1 is 0.955 bits per heavy atom. The predicted octanol–water partition coefficient (Wildman–Crippen LogP) is 4.86. The molecule has 3 aliphatic rings. The minimum Gasteiger partial charge on any atom is -0.374 e. The van der Waals surface area contributed by atoms with Crippen LogP contribution in [0.3, 0.4) is 0 Å². The summed E-state index contributed by atoms with van der Waals surface area (Å²) < 4.78 is 18.5. The molecular formula is C15H28O3S3Si. The summed E-state index contributed by atoms with van der Waals surface area (Å²) in [4.78, 5) is 0. The number of hydrogen-bond donors (Lipinski definition) is 0. The van der Waals surface area contributed by atoms with E-state index in [-0.39, 0.29) is 0 Å². The summed E-state index contributed by atoms with van der Waals surface area (Å²) in [6.45, 7) is 10.6. The van der Waals surface area contributed by atoms with Gasteiger partial charge in [0.15, 0.2) is 0 Å². The smallest absolute Gasteiger partial charge is 0.374 e. The minimum absolute atomic E-state index is 0.416. The Balaban J connectivity index is 1.77. The second-order valence-electron chi connectivity index (χ2n) is 6.44. The molecule has 6 unspecified atom stereocenters. The van der Waals surface area contributed by atoms with Crippen LogP contribution < -0.4 is 0 Å². The van der Waals surface area contributed by atoms with Crippen molar-refractivity contribution in [3.8, 4) is 0 Å². The van der Waals surface area contributed by atoms with Crippen LogP contribution in [0, 0.1) is 17.8 Å². The summed E-state index contributed by atoms with van der Waals surface area (Å²) in [6.07, 6.45) is 2.77. The highest BCUT2D eigenvalue weighted by Gasteiger charge is 2.61. The van der Waals surface area contributed by atoms with Crippen molar-refractivity contribution in [2.24, 2.45) is 17.8 Å². The van der Waals surface area contributed by atoms with E-state index in [0.717, 1.165) is 28.3 Å². The molecule has 22 heavy (non-hydrogen) atoms. The average Bonchev–Trinajstić information content (AvgIpc) is 3.19. The molecule has 3 fully saturated rings. The molecule has 1 aliphatic heterocycles. The van der Waals surface area contributed by atoms with Gasteiger partial charge in [0.2, 0.25) is 0 Å². The Morgan fingerprint density at radius 3 is 2.14 bits per heavy atom. The highest BCUT2D eigenvalue weighted by Crippen LogP contribution is 2.69. The molecule has 2 aliphatic carbocycles. The molecule has 2 saturated carbocycles. The molecule has 128 valence electrons. The Kier molecular flexibility index (Phi) is 6.19. The largest absolute Gasteiger partial charge is 0.504 e. The van der Waals surface area contributed by atoms with Gasteiger partial charge < -0.3 is 13.3 Å². The molecule has 0 amide bonds. The topological polar surface area (TPSA) is 27.7 Å². The zero-order valence-corrected chi connectivity index (χ0v) is 17.4. The summed E-state index contributed by atoms with van der Waals surface area (Å²) >= 11 is 0. The van der Waals surface area contributed by atoms with Crippen LogP contribution in [0.15, 0.2) is 0 Å². The lowest BCUT2D eigenvalue weighted by Crippen LogP contribution is -2.53. The Morgan fingerprint density at radius 2 is 1.55 bits per heavy atom. The van der Waals surface area contributed by atoms with Gasteiger partial charge in [0.25, 0.3) is 0 Å². The quantitative estimate of drug-likeness (QED) is 0.441. The highest BCUT2D eigenvalue weighted by molar-refractivity contribution is 9.11. The molecule has 0 aromatic rings. The normalized spacial score (nSPS) is 38.5. The summed E-state index contributed by atoms with van der Waals surface area (Å²) in [6, 6.07) is 0. The first kappa shape index (κ1) is 18.0. The molecule has 2 bridgehead atoms. The maximum absolute atomic E-state index is 6.18. The van der Waals surface area contributed by atoms with Crippen LogP contribution in [0.2, 0.25) is 5.54 Å². The minimum atomic E-state index is -2.57. The second kappa shape index (κ2) is 7.58. The van der Waals surface area contributed by atoms with Crippen LogP contribution in [0.4, 0.5) is 0 Å². The van der Waals surface area contributed by atoms with Crippen LogP contribution in [0.5, 0.6) is 0 Å². The fourth-order valence-electron chi connectivity index (χ4n) is 4.64. The number of fused-ring (bicyclic) bond motifs is 5. The van der Waals surface area contributed by atoms with Gasteiger partial charge in [-0.05, 0) is 61.2 Å². The molecular weight excluding hydrogens is 352 g/mol. The van der Waals surface area contributed by atoms with Crippen molar-refractivity contribution in [2.45, 2.75) is 56.6 Å². The fraction of sp³-hybridized carbons (Fsp3) is 1.00. The third kappa shape index (κ3) is 3.04.